The molecule has 2 fully saturated rings. The minimum absolute atomic E-state index is 0.0297. The van der Waals surface area contributed by atoms with Crippen LogP contribution in [0.4, 0.5) is 5.69 Å². The van der Waals surface area contributed by atoms with E-state index in [-0.39, 0.29) is 43.1 Å². The molecule has 12 heteroatoms. The van der Waals surface area contributed by atoms with Crippen LogP contribution in [-0.2, 0) is 24.3 Å². The van der Waals surface area contributed by atoms with Crippen LogP contribution >= 0.6 is 0 Å². The maximum absolute atomic E-state index is 12.7. The summed E-state index contributed by atoms with van der Waals surface area (Å²) in [6.07, 6.45) is 1.78. The van der Waals surface area contributed by atoms with E-state index in [4.69, 9.17) is 14.2 Å². The number of sulfonamides is 1. The van der Waals surface area contributed by atoms with E-state index < -0.39 is 33.1 Å². The summed E-state index contributed by atoms with van der Waals surface area (Å²) in [5.74, 6) is -0.622. The Labute approximate surface area is 168 Å². The Morgan fingerprint density at radius 3 is 2.72 bits per heavy atom. The number of nitrogens with zero attached hydrogens (tertiary/aromatic N) is 2. The predicted octanol–water partition coefficient (Wildman–Crippen LogP) is 0.290. The molecule has 29 heavy (non-hydrogen) atoms. The van der Waals surface area contributed by atoms with Crippen molar-refractivity contribution < 1.29 is 32.3 Å². The molecule has 0 aliphatic carbocycles. The van der Waals surface area contributed by atoms with Gasteiger partial charge in [-0.05, 0) is 25.0 Å². The predicted molar refractivity (Wildman–Crippen MR) is 100 cm³/mol. The van der Waals surface area contributed by atoms with Gasteiger partial charge in [-0.3, -0.25) is 14.9 Å². The van der Waals surface area contributed by atoms with Gasteiger partial charge >= 0.3 is 5.69 Å². The highest BCUT2D eigenvalue weighted by molar-refractivity contribution is 7.89. The smallest absolute Gasteiger partial charge is 0.312 e. The number of hydrogen-bond donors (Lipinski definition) is 1. The molecule has 1 N–H and O–H groups in total. The fourth-order valence-corrected chi connectivity index (χ4v) is 4.51. The molecular formula is C17H23N3O8S. The zero-order chi connectivity index (χ0) is 20.9. The lowest BCUT2D eigenvalue weighted by Crippen LogP contribution is -2.40. The largest absolute Gasteiger partial charge is 0.477 e. The Hall–Kier alpha value is -2.28. The summed E-state index contributed by atoms with van der Waals surface area (Å²) in [6, 6.07) is 3.38. The number of rotatable bonds is 8. The number of nitrogens with one attached hydrogen (secondary N) is 1. The second-order valence-corrected chi connectivity index (χ2v) is 8.57. The van der Waals surface area contributed by atoms with Crippen LogP contribution < -0.4 is 10.1 Å². The first-order chi connectivity index (χ1) is 13.9. The Morgan fingerprint density at radius 2 is 2.07 bits per heavy atom. The Kier molecular flexibility index (Phi) is 7.00. The number of morpholine rings is 1. The molecule has 2 aliphatic heterocycles. The topological polar surface area (TPSA) is 137 Å². The van der Waals surface area contributed by atoms with E-state index >= 15 is 0 Å². The van der Waals surface area contributed by atoms with Gasteiger partial charge in [-0.25, -0.2) is 8.42 Å². The van der Waals surface area contributed by atoms with Crippen LogP contribution in [0.1, 0.15) is 12.8 Å². The van der Waals surface area contributed by atoms with Crippen molar-refractivity contribution >= 4 is 21.6 Å². The minimum Gasteiger partial charge on any atom is -0.477 e. The third-order valence-electron chi connectivity index (χ3n) is 4.64. The molecule has 0 aromatic heterocycles. The number of nitro benzene ring substituents is 1. The van der Waals surface area contributed by atoms with Gasteiger partial charge < -0.3 is 19.5 Å². The molecule has 1 unspecified atom stereocenters. The molecule has 0 radical (unpaired) electrons. The van der Waals surface area contributed by atoms with Crippen molar-refractivity contribution in [1.29, 1.82) is 0 Å². The van der Waals surface area contributed by atoms with Gasteiger partial charge in [0.15, 0.2) is 12.4 Å². The van der Waals surface area contributed by atoms with E-state index in [0.717, 1.165) is 18.9 Å². The Balaban J connectivity index is 1.66. The van der Waals surface area contributed by atoms with Crippen LogP contribution in [0, 0.1) is 10.1 Å². The molecule has 160 valence electrons. The fraction of sp³-hybridized carbons (Fsp3) is 0.588. The Bertz CT molecular complexity index is 848. The second kappa shape index (κ2) is 9.48. The lowest BCUT2D eigenvalue weighted by molar-refractivity contribution is -0.386. The zero-order valence-corrected chi connectivity index (χ0v) is 16.6. The molecule has 2 heterocycles. The van der Waals surface area contributed by atoms with Gasteiger partial charge in [0.1, 0.15) is 0 Å². The summed E-state index contributed by atoms with van der Waals surface area (Å²) in [5, 5.41) is 14.1. The highest BCUT2D eigenvalue weighted by Crippen LogP contribution is 2.31. The summed E-state index contributed by atoms with van der Waals surface area (Å²) in [6.45, 7) is 1.48. The van der Waals surface area contributed by atoms with E-state index in [9.17, 15) is 23.3 Å². The third kappa shape index (κ3) is 5.41. The van der Waals surface area contributed by atoms with Crippen LogP contribution in [0.15, 0.2) is 23.1 Å². The van der Waals surface area contributed by atoms with Gasteiger partial charge in [0.2, 0.25) is 10.0 Å². The highest BCUT2D eigenvalue weighted by atomic mass is 32.2. The van der Waals surface area contributed by atoms with Gasteiger partial charge in [0.25, 0.3) is 5.91 Å². The second-order valence-electron chi connectivity index (χ2n) is 6.63. The average molecular weight is 429 g/mol. The molecule has 0 bridgehead atoms. The maximum atomic E-state index is 12.7. The Morgan fingerprint density at radius 1 is 1.31 bits per heavy atom. The van der Waals surface area contributed by atoms with Crippen LogP contribution in [-0.4, -0.2) is 75.7 Å². The molecule has 11 nitrogen and oxygen atoms in total. The monoisotopic (exact) mass is 429 g/mol. The molecule has 1 atom stereocenters. The van der Waals surface area contributed by atoms with E-state index in [2.05, 4.69) is 5.32 Å². The molecule has 1 aromatic rings. The van der Waals surface area contributed by atoms with Crippen LogP contribution in [0.25, 0.3) is 0 Å². The molecule has 1 aromatic carbocycles. The first-order valence-electron chi connectivity index (χ1n) is 9.25. The van der Waals surface area contributed by atoms with Crippen LogP contribution in [0.5, 0.6) is 5.75 Å². The van der Waals surface area contributed by atoms with Crippen molar-refractivity contribution in [3.05, 3.63) is 28.3 Å². The van der Waals surface area contributed by atoms with Crippen molar-refractivity contribution in [3.63, 3.8) is 0 Å². The van der Waals surface area contributed by atoms with Crippen molar-refractivity contribution in [2.24, 2.45) is 0 Å². The van der Waals surface area contributed by atoms with E-state index in [0.29, 0.717) is 13.2 Å². The molecule has 2 saturated heterocycles. The lowest BCUT2D eigenvalue weighted by atomic mass is 10.2. The minimum atomic E-state index is -3.88. The van der Waals surface area contributed by atoms with E-state index in [1.165, 1.54) is 16.4 Å². The van der Waals surface area contributed by atoms with Crippen molar-refractivity contribution in [3.8, 4) is 5.75 Å². The normalized spacial score (nSPS) is 20.3. The first-order valence-corrected chi connectivity index (χ1v) is 10.7. The number of carbonyl (C=O) groups excluding carboxylic acids is 1. The number of nitro groups is 1. The highest BCUT2D eigenvalue weighted by Gasteiger charge is 2.29. The molecule has 2 aliphatic rings. The first kappa shape index (κ1) is 21.4. The standard InChI is InChI=1S/C17H23N3O8S/c21-17(18-11-13-2-1-7-27-13)12-28-16-4-3-14(10-15(16)20(22)23)29(24,25)19-5-8-26-9-6-19/h3-4,10,13H,1-2,5-9,11-12H2,(H,18,21). The average Bonchev–Trinajstić information content (AvgIpc) is 3.25. The van der Waals surface area contributed by atoms with Gasteiger partial charge in [-0.2, -0.15) is 4.31 Å². The number of benzene rings is 1. The fourth-order valence-electron chi connectivity index (χ4n) is 3.09. The van der Waals surface area contributed by atoms with E-state index in [1.807, 2.05) is 0 Å². The summed E-state index contributed by atoms with van der Waals surface area (Å²) < 4.78 is 42.4. The third-order valence-corrected chi connectivity index (χ3v) is 6.54. The van der Waals surface area contributed by atoms with Gasteiger partial charge in [-0.15, -0.1) is 0 Å². The SMILES string of the molecule is O=C(COc1ccc(S(=O)(=O)N2CCOCC2)cc1[N+](=O)[O-])NCC1CCCO1. The number of ether oxygens (including phenoxy) is 3. The van der Waals surface area contributed by atoms with Gasteiger partial charge in [0, 0.05) is 32.3 Å². The van der Waals surface area contributed by atoms with Crippen LogP contribution in [0.2, 0.25) is 0 Å². The number of amides is 1. The molecule has 1 amide bonds. The van der Waals surface area contributed by atoms with Gasteiger partial charge in [-0.1, -0.05) is 0 Å². The summed E-state index contributed by atoms with van der Waals surface area (Å²) in [7, 11) is -3.88. The molecular weight excluding hydrogens is 406 g/mol. The summed E-state index contributed by atoms with van der Waals surface area (Å²) >= 11 is 0. The van der Waals surface area contributed by atoms with Crippen molar-refractivity contribution in [2.45, 2.75) is 23.8 Å². The number of carbonyl (C=O) groups is 1. The maximum Gasteiger partial charge on any atom is 0.312 e. The summed E-state index contributed by atoms with van der Waals surface area (Å²) in [4.78, 5) is 22.4. The van der Waals surface area contributed by atoms with Crippen LogP contribution in [0.3, 0.4) is 0 Å². The van der Waals surface area contributed by atoms with Gasteiger partial charge in [0.05, 0.1) is 29.1 Å². The molecule has 3 rings (SSSR count). The quantitative estimate of drug-likeness (QED) is 0.460. The van der Waals surface area contributed by atoms with E-state index in [1.54, 1.807) is 0 Å². The lowest BCUT2D eigenvalue weighted by Gasteiger charge is -2.26. The molecule has 0 saturated carbocycles. The van der Waals surface area contributed by atoms with Crippen molar-refractivity contribution in [1.82, 2.24) is 9.62 Å². The molecule has 0 spiro atoms. The van der Waals surface area contributed by atoms with Crippen molar-refractivity contribution in [2.75, 3.05) is 46.1 Å². The number of hydrogen-bond acceptors (Lipinski definition) is 8. The summed E-state index contributed by atoms with van der Waals surface area (Å²) in [5.41, 5.74) is -0.522. The zero-order valence-electron chi connectivity index (χ0n) is 15.7.